The summed E-state index contributed by atoms with van der Waals surface area (Å²) < 4.78 is 21.8. The van der Waals surface area contributed by atoms with Gasteiger partial charge >= 0.3 is 18.1 Å². The van der Waals surface area contributed by atoms with Crippen LogP contribution in [0.2, 0.25) is 0 Å². The van der Waals surface area contributed by atoms with Crippen molar-refractivity contribution in [3.63, 3.8) is 0 Å². The van der Waals surface area contributed by atoms with Gasteiger partial charge in [-0.3, -0.25) is 9.59 Å². The third-order valence-corrected chi connectivity index (χ3v) is 9.28. The van der Waals surface area contributed by atoms with E-state index in [1.165, 1.54) is 10.6 Å². The van der Waals surface area contributed by atoms with E-state index < -0.39 is 53.1 Å². The molecule has 4 amide bonds. The lowest BCUT2D eigenvalue weighted by Gasteiger charge is -2.31. The minimum absolute atomic E-state index is 0.0307. The van der Waals surface area contributed by atoms with Gasteiger partial charge in [0.2, 0.25) is 5.91 Å². The number of cyclic esters (lactones) is 1. The Balaban J connectivity index is 1.46. The number of nitrogens with zero attached hydrogens (tertiary/aromatic N) is 2. The number of nitrogens with one attached hydrogen (secondary N) is 3. The van der Waals surface area contributed by atoms with E-state index in [1.54, 1.807) is 19.9 Å². The van der Waals surface area contributed by atoms with Crippen LogP contribution in [0.15, 0.2) is 16.9 Å². The first-order chi connectivity index (χ1) is 21.8. The minimum Gasteiger partial charge on any atom is -0.465 e. The number of hydrogen-bond donors (Lipinski definition) is 6. The van der Waals surface area contributed by atoms with Gasteiger partial charge in [-0.05, 0) is 61.8 Å². The molecule has 0 fully saturated rings. The van der Waals surface area contributed by atoms with Gasteiger partial charge in [0.1, 0.15) is 18.5 Å². The molecule has 3 atom stereocenters. The Kier molecular flexibility index (Phi) is 7.66. The maximum atomic E-state index is 15.2. The zero-order chi connectivity index (χ0) is 33.1. The average Bonchev–Trinajstić information content (AvgIpc) is 3.38. The van der Waals surface area contributed by atoms with Gasteiger partial charge in [0, 0.05) is 29.1 Å². The molecule has 6 rings (SSSR count). The van der Waals surface area contributed by atoms with Crippen molar-refractivity contribution in [1.82, 2.24) is 25.5 Å². The van der Waals surface area contributed by atoms with Crippen molar-refractivity contribution in [1.29, 1.82) is 0 Å². The van der Waals surface area contributed by atoms with Crippen LogP contribution in [-0.4, -0.2) is 56.4 Å². The monoisotopic (exact) mass is 636 g/mol. The predicted octanol–water partition coefficient (Wildman–Crippen LogP) is 1.72. The highest BCUT2D eigenvalue weighted by atomic mass is 19.1. The second-order valence-corrected chi connectivity index (χ2v) is 11.8. The number of halogens is 1. The highest BCUT2D eigenvalue weighted by Crippen LogP contribution is 2.46. The highest BCUT2D eigenvalue weighted by molar-refractivity contribution is 5.94. The molecule has 0 saturated heterocycles. The van der Waals surface area contributed by atoms with Crippen LogP contribution >= 0.6 is 0 Å². The Morgan fingerprint density at radius 2 is 2.00 bits per heavy atom. The maximum Gasteiger partial charge on any atom is 0.405 e. The highest BCUT2D eigenvalue weighted by Gasteiger charge is 2.46. The Morgan fingerprint density at radius 1 is 1.24 bits per heavy atom. The first-order valence-electron chi connectivity index (χ1n) is 15.0. The number of benzene rings is 1. The molecular formula is C31H33FN6O8. The molecule has 3 aromatic rings. The number of fused-ring (bicyclic) bond motifs is 5. The van der Waals surface area contributed by atoms with Gasteiger partial charge in [-0.25, -0.2) is 23.8 Å². The number of aryl methyl sites for hydroxylation is 1. The molecule has 3 aliphatic rings. The Labute approximate surface area is 261 Å². The van der Waals surface area contributed by atoms with Crippen LogP contribution in [0.4, 0.5) is 14.0 Å². The van der Waals surface area contributed by atoms with Crippen molar-refractivity contribution in [2.24, 2.45) is 5.73 Å². The third-order valence-electron chi connectivity index (χ3n) is 9.28. The topological polar surface area (TPSA) is 215 Å². The van der Waals surface area contributed by atoms with Gasteiger partial charge in [-0.1, -0.05) is 6.92 Å². The van der Waals surface area contributed by atoms with E-state index in [9.17, 15) is 34.2 Å². The lowest BCUT2D eigenvalue weighted by Crippen LogP contribution is -2.48. The fraction of sp³-hybridized carbons (Fsp3) is 0.419. The number of carboxylic acid groups (broad SMARTS) is 1. The largest absolute Gasteiger partial charge is 0.465 e. The zero-order valence-electron chi connectivity index (χ0n) is 25.2. The van der Waals surface area contributed by atoms with E-state index in [0.29, 0.717) is 51.8 Å². The summed E-state index contributed by atoms with van der Waals surface area (Å²) in [7, 11) is 0. The Bertz CT molecular complexity index is 1910. The summed E-state index contributed by atoms with van der Waals surface area (Å²) >= 11 is 0. The number of amides is 4. The van der Waals surface area contributed by atoms with Crippen molar-refractivity contribution in [3.8, 4) is 11.4 Å². The summed E-state index contributed by atoms with van der Waals surface area (Å²) in [6.45, 7) is 3.18. The Morgan fingerprint density at radius 3 is 2.70 bits per heavy atom. The van der Waals surface area contributed by atoms with E-state index in [-0.39, 0.29) is 50.1 Å². The van der Waals surface area contributed by atoms with E-state index >= 15 is 4.39 Å². The molecule has 2 aliphatic heterocycles. The SMILES string of the molecule is CC[C@@]1(O)C(=O)OCc2c1cc1n(c2=O)Cc2c-1nc1cc(F)c(C)c3c1c2[C@@H](NC(=O)C(CCCNC(N)=O)NC(=O)O)CC3. The molecule has 0 spiro atoms. The molecule has 4 heterocycles. The molecule has 0 bridgehead atoms. The number of nitrogens with two attached hydrogens (primary N) is 1. The number of carbonyl (C=O) groups excluding carboxylic acids is 3. The fourth-order valence-electron chi connectivity index (χ4n) is 6.91. The second kappa shape index (κ2) is 11.4. The molecule has 1 unspecified atom stereocenters. The van der Waals surface area contributed by atoms with Crippen molar-refractivity contribution in [2.45, 2.75) is 76.8 Å². The van der Waals surface area contributed by atoms with Crippen molar-refractivity contribution in [2.75, 3.05) is 6.54 Å². The smallest absolute Gasteiger partial charge is 0.405 e. The quantitative estimate of drug-likeness (QED) is 0.122. The summed E-state index contributed by atoms with van der Waals surface area (Å²) in [6.07, 6.45) is -0.329. The first kappa shape index (κ1) is 31.0. The predicted molar refractivity (Wildman–Crippen MR) is 160 cm³/mol. The number of pyridine rings is 2. The summed E-state index contributed by atoms with van der Waals surface area (Å²) in [5.41, 5.74) is 6.33. The molecular weight excluding hydrogens is 603 g/mol. The summed E-state index contributed by atoms with van der Waals surface area (Å²) in [5.74, 6) is -1.91. The number of carbonyl (C=O) groups is 4. The van der Waals surface area contributed by atoms with Crippen molar-refractivity contribution >= 4 is 34.9 Å². The number of urea groups is 1. The van der Waals surface area contributed by atoms with Gasteiger partial charge in [0.25, 0.3) is 5.56 Å². The average molecular weight is 637 g/mol. The molecule has 15 heteroatoms. The van der Waals surface area contributed by atoms with Gasteiger partial charge in [0.05, 0.1) is 35.1 Å². The van der Waals surface area contributed by atoms with Gasteiger partial charge in [0.15, 0.2) is 5.60 Å². The molecule has 0 saturated carbocycles. The van der Waals surface area contributed by atoms with E-state index in [2.05, 4.69) is 16.0 Å². The fourth-order valence-corrected chi connectivity index (χ4v) is 6.91. The number of esters is 1. The van der Waals surface area contributed by atoms with Crippen molar-refractivity contribution < 1.29 is 38.5 Å². The number of primary amides is 1. The summed E-state index contributed by atoms with van der Waals surface area (Å²) in [5, 5.41) is 28.9. The zero-order valence-corrected chi connectivity index (χ0v) is 25.2. The number of rotatable bonds is 8. The van der Waals surface area contributed by atoms with Crippen molar-refractivity contribution in [3.05, 3.63) is 61.7 Å². The Hall–Kier alpha value is -5.05. The van der Waals surface area contributed by atoms with Gasteiger partial charge in [-0.15, -0.1) is 0 Å². The summed E-state index contributed by atoms with van der Waals surface area (Å²) in [6, 6.07) is 0.330. The lowest BCUT2D eigenvalue weighted by molar-refractivity contribution is -0.172. The molecule has 14 nitrogen and oxygen atoms in total. The number of hydrogen-bond acceptors (Lipinski definition) is 8. The number of aromatic nitrogens is 2. The van der Waals surface area contributed by atoms with Gasteiger partial charge in [-0.2, -0.15) is 0 Å². The number of ether oxygens (including phenoxy) is 1. The van der Waals surface area contributed by atoms with Crippen LogP contribution in [0.25, 0.3) is 22.3 Å². The van der Waals surface area contributed by atoms with Crippen LogP contribution in [-0.2, 0) is 39.5 Å². The van der Waals surface area contributed by atoms with Crippen LogP contribution < -0.4 is 27.2 Å². The molecule has 242 valence electrons. The second-order valence-electron chi connectivity index (χ2n) is 11.8. The van der Waals surface area contributed by atoms with Gasteiger partial charge < -0.3 is 41.2 Å². The first-order valence-corrected chi connectivity index (χ1v) is 15.0. The van der Waals surface area contributed by atoms with E-state index in [0.717, 1.165) is 5.56 Å². The van der Waals surface area contributed by atoms with Crippen LogP contribution in [0.5, 0.6) is 0 Å². The molecule has 1 aliphatic carbocycles. The summed E-state index contributed by atoms with van der Waals surface area (Å²) in [4.78, 5) is 67.3. The third kappa shape index (κ3) is 4.90. The van der Waals surface area contributed by atoms with E-state index in [1.807, 2.05) is 0 Å². The van der Waals surface area contributed by atoms with Crippen LogP contribution in [0.1, 0.15) is 72.0 Å². The normalized spacial score (nSPS) is 19.8. The van der Waals surface area contributed by atoms with Crippen LogP contribution in [0.3, 0.4) is 0 Å². The van der Waals surface area contributed by atoms with E-state index in [4.69, 9.17) is 15.5 Å². The molecule has 1 aromatic carbocycles. The standard InChI is InChI=1S/C31H33FN6O8/c1-3-31(45)17-9-22-25-15(11-38(22)27(40)16(17)12-46-28(31)41)24-19(7-6-14-13(2)18(32)10-21(35-25)23(14)24)36-26(39)20(37-30(43)44)5-4-8-34-29(33)42/h9-10,19-20,37,45H,3-8,11-12H2,1-2H3,(H,36,39)(H,43,44)(H3,33,34,42)/t19-,20?,31-/m0/s1. The molecule has 2 aromatic heterocycles. The van der Waals surface area contributed by atoms with Crippen LogP contribution in [0, 0.1) is 12.7 Å². The maximum absolute atomic E-state index is 15.2. The minimum atomic E-state index is -2.03. The lowest BCUT2D eigenvalue weighted by atomic mass is 9.81. The molecule has 46 heavy (non-hydrogen) atoms. The molecule has 0 radical (unpaired) electrons. The molecule has 7 N–H and O–H groups in total. The number of aliphatic hydroxyl groups is 1.